The third-order valence-corrected chi connectivity index (χ3v) is 4.29. The molecule has 132 valence electrons. The molecule has 2 rings (SSSR count). The first-order valence-corrected chi connectivity index (χ1v) is 8.02. The van der Waals surface area contributed by atoms with Crippen LogP contribution >= 0.6 is 35.6 Å². The molecule has 2 N–H and O–H groups in total. The minimum atomic E-state index is 0. The molecule has 0 saturated heterocycles. The number of aryl methyl sites for hydroxylation is 2. The molecule has 7 heteroatoms. The van der Waals surface area contributed by atoms with Crippen LogP contribution in [0.15, 0.2) is 29.3 Å². The summed E-state index contributed by atoms with van der Waals surface area (Å²) in [6.45, 7) is 6.88. The summed E-state index contributed by atoms with van der Waals surface area (Å²) in [6.07, 6.45) is 0. The van der Waals surface area contributed by atoms with Gasteiger partial charge < -0.3 is 10.6 Å². The maximum atomic E-state index is 5.93. The molecular formula is C17H25ClIN5. The lowest BCUT2D eigenvalue weighted by molar-refractivity contribution is 0.684. The van der Waals surface area contributed by atoms with E-state index in [-0.39, 0.29) is 30.0 Å². The topological polar surface area (TPSA) is 54.2 Å². The number of benzene rings is 1. The lowest BCUT2D eigenvalue weighted by Crippen LogP contribution is -2.38. The molecule has 24 heavy (non-hydrogen) atoms. The molecule has 0 aliphatic heterocycles. The third-order valence-electron chi connectivity index (χ3n) is 4.04. The Morgan fingerprint density at radius 2 is 1.92 bits per heavy atom. The number of aromatic nitrogens is 2. The first-order chi connectivity index (χ1) is 10.9. The predicted octanol–water partition coefficient (Wildman–Crippen LogP) is 3.73. The van der Waals surface area contributed by atoms with Gasteiger partial charge in [0.1, 0.15) is 0 Å². The van der Waals surface area contributed by atoms with E-state index in [9.17, 15) is 0 Å². The molecule has 1 atom stereocenters. The van der Waals surface area contributed by atoms with E-state index in [0.29, 0.717) is 6.54 Å². The SMILES string of the molecule is CN=C(NCc1c(C)nn(C)c1C)NC(C)c1ccc(Cl)cc1.I. The van der Waals surface area contributed by atoms with Crippen LogP contribution in [0.25, 0.3) is 0 Å². The highest BCUT2D eigenvalue weighted by Crippen LogP contribution is 2.16. The van der Waals surface area contributed by atoms with Gasteiger partial charge in [0.2, 0.25) is 0 Å². The van der Waals surface area contributed by atoms with Gasteiger partial charge in [-0.25, -0.2) is 0 Å². The van der Waals surface area contributed by atoms with Gasteiger partial charge in [-0.1, -0.05) is 23.7 Å². The molecule has 1 unspecified atom stereocenters. The van der Waals surface area contributed by atoms with E-state index >= 15 is 0 Å². The molecule has 0 aliphatic carbocycles. The van der Waals surface area contributed by atoms with Crippen molar-refractivity contribution in [2.24, 2.45) is 12.0 Å². The largest absolute Gasteiger partial charge is 0.352 e. The van der Waals surface area contributed by atoms with Crippen LogP contribution in [0.4, 0.5) is 0 Å². The molecule has 0 saturated carbocycles. The van der Waals surface area contributed by atoms with Crippen LogP contribution in [0.2, 0.25) is 5.02 Å². The van der Waals surface area contributed by atoms with Crippen molar-refractivity contribution in [1.29, 1.82) is 0 Å². The Morgan fingerprint density at radius 3 is 2.42 bits per heavy atom. The number of guanidine groups is 1. The Kier molecular flexibility index (Phi) is 8.02. The summed E-state index contributed by atoms with van der Waals surface area (Å²) in [6, 6.07) is 7.96. The van der Waals surface area contributed by atoms with Gasteiger partial charge in [-0.05, 0) is 38.5 Å². The summed E-state index contributed by atoms with van der Waals surface area (Å²) >= 11 is 5.93. The standard InChI is InChI=1S/C17H24ClN5.HI/c1-11(14-6-8-15(18)9-7-14)21-17(19-4)20-10-16-12(2)22-23(5)13(16)3;/h6-9,11H,10H2,1-5H3,(H2,19,20,21);1H. The fourth-order valence-corrected chi connectivity index (χ4v) is 2.61. The predicted molar refractivity (Wildman–Crippen MR) is 111 cm³/mol. The van der Waals surface area contributed by atoms with Crippen LogP contribution < -0.4 is 10.6 Å². The average Bonchev–Trinajstić information content (AvgIpc) is 2.77. The van der Waals surface area contributed by atoms with E-state index in [4.69, 9.17) is 11.6 Å². The highest BCUT2D eigenvalue weighted by Gasteiger charge is 2.11. The Balaban J connectivity index is 0.00000288. The minimum absolute atomic E-state index is 0. The van der Waals surface area contributed by atoms with Crippen molar-refractivity contribution >= 4 is 41.5 Å². The molecular weight excluding hydrogens is 437 g/mol. The Labute approximate surface area is 165 Å². The van der Waals surface area contributed by atoms with Crippen molar-refractivity contribution < 1.29 is 0 Å². The van der Waals surface area contributed by atoms with Crippen molar-refractivity contribution in [3.8, 4) is 0 Å². The fraction of sp³-hybridized carbons (Fsp3) is 0.412. The second-order valence-electron chi connectivity index (χ2n) is 5.62. The van der Waals surface area contributed by atoms with Crippen LogP contribution in [0, 0.1) is 13.8 Å². The van der Waals surface area contributed by atoms with Gasteiger partial charge in [-0.2, -0.15) is 5.10 Å². The Morgan fingerprint density at radius 1 is 1.29 bits per heavy atom. The van der Waals surface area contributed by atoms with E-state index in [0.717, 1.165) is 27.9 Å². The van der Waals surface area contributed by atoms with Gasteiger partial charge >= 0.3 is 0 Å². The highest BCUT2D eigenvalue weighted by atomic mass is 127. The molecule has 0 radical (unpaired) electrons. The molecule has 1 aromatic carbocycles. The minimum Gasteiger partial charge on any atom is -0.352 e. The summed E-state index contributed by atoms with van der Waals surface area (Å²) < 4.78 is 1.90. The number of rotatable bonds is 4. The van der Waals surface area contributed by atoms with Crippen molar-refractivity contribution in [2.45, 2.75) is 33.4 Å². The number of nitrogens with one attached hydrogen (secondary N) is 2. The smallest absolute Gasteiger partial charge is 0.191 e. The van der Waals surface area contributed by atoms with Gasteiger partial charge in [-0.3, -0.25) is 9.67 Å². The number of halogens is 2. The van der Waals surface area contributed by atoms with Gasteiger partial charge in [0.15, 0.2) is 5.96 Å². The first-order valence-electron chi connectivity index (χ1n) is 7.64. The number of nitrogens with zero attached hydrogens (tertiary/aromatic N) is 3. The Bertz CT molecular complexity index is 694. The van der Waals surface area contributed by atoms with Crippen LogP contribution in [0.1, 0.15) is 35.5 Å². The van der Waals surface area contributed by atoms with Crippen LogP contribution in [-0.4, -0.2) is 22.8 Å². The second kappa shape index (κ2) is 9.27. The van der Waals surface area contributed by atoms with E-state index < -0.39 is 0 Å². The summed E-state index contributed by atoms with van der Waals surface area (Å²) in [5.74, 6) is 0.759. The summed E-state index contributed by atoms with van der Waals surface area (Å²) in [4.78, 5) is 4.29. The van der Waals surface area contributed by atoms with Crippen LogP contribution in [-0.2, 0) is 13.6 Å². The highest BCUT2D eigenvalue weighted by molar-refractivity contribution is 14.0. The molecule has 0 amide bonds. The maximum absolute atomic E-state index is 5.93. The second-order valence-corrected chi connectivity index (χ2v) is 6.05. The molecule has 0 aliphatic rings. The number of hydrogen-bond acceptors (Lipinski definition) is 2. The first kappa shape index (κ1) is 20.8. The van der Waals surface area contributed by atoms with E-state index in [1.165, 1.54) is 5.56 Å². The zero-order chi connectivity index (χ0) is 17.0. The molecule has 1 aromatic heterocycles. The quantitative estimate of drug-likeness (QED) is 0.414. The van der Waals surface area contributed by atoms with E-state index in [2.05, 4.69) is 34.6 Å². The van der Waals surface area contributed by atoms with Crippen molar-refractivity contribution in [2.75, 3.05) is 7.05 Å². The van der Waals surface area contributed by atoms with Gasteiger partial charge in [0.05, 0.1) is 11.7 Å². The number of aliphatic imine (C=N–C) groups is 1. The lowest BCUT2D eigenvalue weighted by atomic mass is 10.1. The van der Waals surface area contributed by atoms with Crippen LogP contribution in [0.5, 0.6) is 0 Å². The lowest BCUT2D eigenvalue weighted by Gasteiger charge is -2.18. The van der Waals surface area contributed by atoms with E-state index in [1.807, 2.05) is 42.9 Å². The summed E-state index contributed by atoms with van der Waals surface area (Å²) in [7, 11) is 3.73. The monoisotopic (exact) mass is 461 g/mol. The average molecular weight is 462 g/mol. The maximum Gasteiger partial charge on any atom is 0.191 e. The van der Waals surface area contributed by atoms with Crippen molar-refractivity contribution in [3.05, 3.63) is 51.8 Å². The zero-order valence-electron chi connectivity index (χ0n) is 14.7. The number of hydrogen-bond donors (Lipinski definition) is 2. The summed E-state index contributed by atoms with van der Waals surface area (Å²) in [5.41, 5.74) is 4.57. The molecule has 0 bridgehead atoms. The van der Waals surface area contributed by atoms with Gasteiger partial charge in [-0.15, -0.1) is 24.0 Å². The fourth-order valence-electron chi connectivity index (χ4n) is 2.48. The molecule has 5 nitrogen and oxygen atoms in total. The molecule has 0 fully saturated rings. The van der Waals surface area contributed by atoms with Crippen LogP contribution in [0.3, 0.4) is 0 Å². The molecule has 1 heterocycles. The summed E-state index contributed by atoms with van der Waals surface area (Å²) in [5, 5.41) is 11.9. The van der Waals surface area contributed by atoms with Gasteiger partial charge in [0, 0.05) is 36.9 Å². The Hall–Kier alpha value is -1.28. The molecule has 2 aromatic rings. The normalized spacial score (nSPS) is 12.5. The van der Waals surface area contributed by atoms with Crippen molar-refractivity contribution in [1.82, 2.24) is 20.4 Å². The molecule has 0 spiro atoms. The third kappa shape index (κ3) is 5.11. The van der Waals surface area contributed by atoms with E-state index in [1.54, 1.807) is 7.05 Å². The zero-order valence-corrected chi connectivity index (χ0v) is 17.8. The van der Waals surface area contributed by atoms with Crippen molar-refractivity contribution in [3.63, 3.8) is 0 Å². The van der Waals surface area contributed by atoms with Gasteiger partial charge in [0.25, 0.3) is 0 Å².